The second-order valence-corrected chi connectivity index (χ2v) is 6.53. The zero-order valence-corrected chi connectivity index (χ0v) is 14.5. The number of ether oxygens (including phenoxy) is 1. The lowest BCUT2D eigenvalue weighted by Gasteiger charge is -2.38. The van der Waals surface area contributed by atoms with Crippen LogP contribution in [0, 0.1) is 0 Å². The molecule has 4 rings (SSSR count). The Kier molecular flexibility index (Phi) is 4.09. The number of hydrogen-bond acceptors (Lipinski definition) is 8. The van der Waals surface area contributed by atoms with Crippen LogP contribution in [0.4, 0.5) is 17.6 Å². The van der Waals surface area contributed by atoms with Gasteiger partial charge in [-0.05, 0) is 19.1 Å². The molecule has 2 atom stereocenters. The van der Waals surface area contributed by atoms with Gasteiger partial charge in [0.05, 0.1) is 30.0 Å². The van der Waals surface area contributed by atoms with Crippen molar-refractivity contribution < 1.29 is 4.74 Å². The first-order valence-electron chi connectivity index (χ1n) is 8.52. The molecule has 0 aliphatic carbocycles. The van der Waals surface area contributed by atoms with Crippen molar-refractivity contribution in [2.75, 3.05) is 36.1 Å². The molecule has 0 saturated carbocycles. The summed E-state index contributed by atoms with van der Waals surface area (Å²) in [5.41, 5.74) is 20.1. The highest BCUT2D eigenvalue weighted by Gasteiger charge is 2.27. The molecule has 0 bridgehead atoms. The van der Waals surface area contributed by atoms with Gasteiger partial charge in [0.1, 0.15) is 5.82 Å². The van der Waals surface area contributed by atoms with E-state index in [4.69, 9.17) is 21.9 Å². The van der Waals surface area contributed by atoms with E-state index in [1.54, 1.807) is 0 Å². The molecule has 26 heavy (non-hydrogen) atoms. The highest BCUT2D eigenvalue weighted by atomic mass is 16.5. The van der Waals surface area contributed by atoms with E-state index in [2.05, 4.69) is 32.0 Å². The number of rotatable bonds is 3. The van der Waals surface area contributed by atoms with Crippen molar-refractivity contribution in [3.63, 3.8) is 0 Å². The summed E-state index contributed by atoms with van der Waals surface area (Å²) in [6.45, 7) is 3.82. The van der Waals surface area contributed by atoms with Crippen LogP contribution in [0.5, 0.6) is 0 Å². The Balaban J connectivity index is 1.73. The molecule has 1 fully saturated rings. The van der Waals surface area contributed by atoms with Gasteiger partial charge in [0, 0.05) is 30.1 Å². The lowest BCUT2D eigenvalue weighted by Crippen LogP contribution is -2.51. The molecule has 3 heterocycles. The number of H-pyrrole nitrogens is 1. The first kappa shape index (κ1) is 16.6. The summed E-state index contributed by atoms with van der Waals surface area (Å²) in [4.78, 5) is 11.0. The van der Waals surface area contributed by atoms with E-state index in [0.717, 1.165) is 28.0 Å². The highest BCUT2D eigenvalue weighted by molar-refractivity contribution is 5.91. The normalized spacial score (nSPS) is 20.6. The van der Waals surface area contributed by atoms with E-state index < -0.39 is 0 Å². The highest BCUT2D eigenvalue weighted by Crippen LogP contribution is 2.28. The van der Waals surface area contributed by atoms with Gasteiger partial charge < -0.3 is 26.8 Å². The molecule has 9 nitrogen and oxygen atoms in total. The molecule has 1 aromatic carbocycles. The maximum absolute atomic E-state index is 5.99. The molecule has 3 aromatic rings. The van der Waals surface area contributed by atoms with Crippen molar-refractivity contribution in [2.45, 2.75) is 19.1 Å². The van der Waals surface area contributed by atoms with Gasteiger partial charge in [-0.2, -0.15) is 10.1 Å². The molecular weight excluding hydrogens is 332 g/mol. The Morgan fingerprint density at radius 3 is 2.92 bits per heavy atom. The number of fused-ring (bicyclic) bond motifs is 1. The summed E-state index contributed by atoms with van der Waals surface area (Å²) in [5, 5.41) is 7.83. The molecule has 0 amide bonds. The third-order valence-electron chi connectivity index (χ3n) is 4.68. The van der Waals surface area contributed by atoms with Crippen LogP contribution in [-0.4, -0.2) is 52.0 Å². The summed E-state index contributed by atoms with van der Waals surface area (Å²) in [5.74, 6) is 1.47. The number of nitrogens with two attached hydrogens (primary N) is 3. The van der Waals surface area contributed by atoms with Crippen LogP contribution >= 0.6 is 0 Å². The average Bonchev–Trinajstić information content (AvgIpc) is 3.02. The van der Waals surface area contributed by atoms with Crippen molar-refractivity contribution in [3.05, 3.63) is 24.3 Å². The van der Waals surface area contributed by atoms with Crippen molar-refractivity contribution in [3.8, 4) is 11.3 Å². The Labute approximate surface area is 150 Å². The van der Waals surface area contributed by atoms with Crippen LogP contribution in [0.25, 0.3) is 22.2 Å². The fourth-order valence-corrected chi connectivity index (χ4v) is 3.23. The van der Waals surface area contributed by atoms with E-state index in [0.29, 0.717) is 25.5 Å². The Morgan fingerprint density at radius 2 is 2.12 bits per heavy atom. The predicted molar refractivity (Wildman–Crippen MR) is 102 cm³/mol. The number of aromatic amines is 1. The minimum Gasteiger partial charge on any atom is -0.382 e. The van der Waals surface area contributed by atoms with Crippen LogP contribution in [0.3, 0.4) is 0 Å². The summed E-state index contributed by atoms with van der Waals surface area (Å²) >= 11 is 0. The number of benzene rings is 1. The maximum atomic E-state index is 5.99. The smallest absolute Gasteiger partial charge is 0.222 e. The molecule has 1 aliphatic heterocycles. The molecule has 1 aliphatic rings. The van der Waals surface area contributed by atoms with Gasteiger partial charge in [0.25, 0.3) is 0 Å². The van der Waals surface area contributed by atoms with Crippen LogP contribution in [0.2, 0.25) is 0 Å². The van der Waals surface area contributed by atoms with Crippen molar-refractivity contribution in [1.82, 2.24) is 20.2 Å². The fraction of sp³-hybridized carbons (Fsp3) is 0.353. The molecule has 9 heteroatoms. The molecule has 0 spiro atoms. The summed E-state index contributed by atoms with van der Waals surface area (Å²) < 4.78 is 5.72. The zero-order valence-electron chi connectivity index (χ0n) is 14.5. The largest absolute Gasteiger partial charge is 0.382 e. The lowest BCUT2D eigenvalue weighted by molar-refractivity contribution is 0.0280. The number of nitrogen functional groups attached to an aromatic ring is 2. The van der Waals surface area contributed by atoms with Crippen LogP contribution < -0.4 is 22.1 Å². The Bertz CT molecular complexity index is 940. The summed E-state index contributed by atoms with van der Waals surface area (Å²) in [7, 11) is 0. The van der Waals surface area contributed by atoms with Gasteiger partial charge in [0.2, 0.25) is 5.95 Å². The molecule has 136 valence electrons. The average molecular weight is 354 g/mol. The predicted octanol–water partition coefficient (Wildman–Crippen LogP) is 0.737. The van der Waals surface area contributed by atoms with Crippen molar-refractivity contribution in [2.24, 2.45) is 5.73 Å². The SMILES string of the molecule is C[C@@H]1CO[C@H](CN)CN1c1cc(-c2ccc3c(N)n[nH]c3c2)nc(N)n1. The van der Waals surface area contributed by atoms with E-state index in [-0.39, 0.29) is 18.1 Å². The zero-order chi connectivity index (χ0) is 18.3. The third kappa shape index (κ3) is 2.91. The van der Waals surface area contributed by atoms with Gasteiger partial charge >= 0.3 is 0 Å². The summed E-state index contributed by atoms with van der Waals surface area (Å²) in [6, 6.07) is 7.94. The molecular formula is C17H22N8O. The van der Waals surface area contributed by atoms with Crippen LogP contribution in [0.1, 0.15) is 6.92 Å². The van der Waals surface area contributed by atoms with Crippen molar-refractivity contribution >= 4 is 28.5 Å². The van der Waals surface area contributed by atoms with E-state index in [1.807, 2.05) is 24.3 Å². The second-order valence-electron chi connectivity index (χ2n) is 6.53. The molecule has 2 aromatic heterocycles. The minimum absolute atomic E-state index is 0.0184. The molecule has 7 N–H and O–H groups in total. The molecule has 0 radical (unpaired) electrons. The van der Waals surface area contributed by atoms with Crippen LogP contribution in [0.15, 0.2) is 24.3 Å². The standard InChI is InChI=1S/C17H22N8O/c1-9-8-26-11(6-18)7-25(9)15-5-13(21-17(20)22-15)10-2-3-12-14(4-10)23-24-16(12)19/h2-5,9,11H,6-8,18H2,1H3,(H3,19,23,24)(H2,20,21,22)/t9-,11-/m1/s1. The minimum atomic E-state index is -0.0184. The van der Waals surface area contributed by atoms with Gasteiger partial charge in [-0.1, -0.05) is 6.07 Å². The van der Waals surface area contributed by atoms with E-state index >= 15 is 0 Å². The Hall–Kier alpha value is -2.91. The van der Waals surface area contributed by atoms with Gasteiger partial charge in [0.15, 0.2) is 5.82 Å². The number of anilines is 3. The monoisotopic (exact) mass is 354 g/mol. The number of nitrogens with one attached hydrogen (secondary N) is 1. The number of nitrogens with zero attached hydrogens (tertiary/aromatic N) is 4. The third-order valence-corrected chi connectivity index (χ3v) is 4.68. The second kappa shape index (κ2) is 6.43. The fourth-order valence-electron chi connectivity index (χ4n) is 3.23. The number of morpholine rings is 1. The number of hydrogen-bond donors (Lipinski definition) is 4. The van der Waals surface area contributed by atoms with E-state index in [1.165, 1.54) is 0 Å². The van der Waals surface area contributed by atoms with Crippen LogP contribution in [-0.2, 0) is 4.74 Å². The van der Waals surface area contributed by atoms with E-state index in [9.17, 15) is 0 Å². The molecule has 1 saturated heterocycles. The first-order chi connectivity index (χ1) is 12.5. The maximum Gasteiger partial charge on any atom is 0.222 e. The molecule has 0 unspecified atom stereocenters. The van der Waals surface area contributed by atoms with Gasteiger partial charge in [-0.3, -0.25) is 5.10 Å². The summed E-state index contributed by atoms with van der Waals surface area (Å²) in [6.07, 6.45) is -0.0184. The number of aromatic nitrogens is 4. The van der Waals surface area contributed by atoms with Crippen molar-refractivity contribution in [1.29, 1.82) is 0 Å². The first-order valence-corrected chi connectivity index (χ1v) is 8.52. The lowest BCUT2D eigenvalue weighted by atomic mass is 10.1. The van der Waals surface area contributed by atoms with Gasteiger partial charge in [-0.15, -0.1) is 0 Å². The topological polar surface area (TPSA) is 145 Å². The Morgan fingerprint density at radius 1 is 1.27 bits per heavy atom. The quantitative estimate of drug-likeness (QED) is 0.539. The van der Waals surface area contributed by atoms with Gasteiger partial charge in [-0.25, -0.2) is 4.98 Å².